The first-order valence-corrected chi connectivity index (χ1v) is 7.95. The van der Waals surface area contributed by atoms with Gasteiger partial charge in [0, 0.05) is 4.91 Å². The topological polar surface area (TPSA) is 146 Å². The molecular weight excluding hydrogens is 302 g/mol. The van der Waals surface area contributed by atoms with E-state index in [9.17, 15) is 13.7 Å². The predicted molar refractivity (Wildman–Crippen MR) is 69.0 cm³/mol. The summed E-state index contributed by atoms with van der Waals surface area (Å²) in [6, 6.07) is 1.90. The molecule has 0 bridgehead atoms. The van der Waals surface area contributed by atoms with Crippen LogP contribution in [0.2, 0.25) is 0 Å². The molecule has 2 fully saturated rings. The van der Waals surface area contributed by atoms with Gasteiger partial charge in [-0.25, -0.2) is 8.42 Å². The molecule has 0 aromatic heterocycles. The summed E-state index contributed by atoms with van der Waals surface area (Å²) in [4.78, 5) is 2.59. The number of ether oxygens (including phenoxy) is 3. The maximum absolute atomic E-state index is 11.6. The fraction of sp³-hybridized carbons (Fsp3) is 0.900. The van der Waals surface area contributed by atoms with Crippen LogP contribution in [-0.4, -0.2) is 51.0 Å². The van der Waals surface area contributed by atoms with Crippen LogP contribution in [0.4, 0.5) is 0 Å². The van der Waals surface area contributed by atoms with E-state index in [1.165, 1.54) is 0 Å². The maximum atomic E-state index is 11.6. The van der Waals surface area contributed by atoms with Gasteiger partial charge in [0.05, 0.1) is 18.9 Å². The molecule has 116 valence electrons. The van der Waals surface area contributed by atoms with Crippen molar-refractivity contribution in [3.63, 3.8) is 0 Å². The Morgan fingerprint density at radius 2 is 2.14 bits per heavy atom. The lowest BCUT2D eigenvalue weighted by Crippen LogP contribution is -2.61. The Morgan fingerprint density at radius 1 is 1.48 bits per heavy atom. The van der Waals surface area contributed by atoms with Crippen LogP contribution in [0.5, 0.6) is 0 Å². The minimum Gasteiger partial charge on any atom is -0.343 e. The van der Waals surface area contributed by atoms with Gasteiger partial charge < -0.3 is 14.2 Å². The van der Waals surface area contributed by atoms with Gasteiger partial charge >= 0.3 is 0 Å². The summed E-state index contributed by atoms with van der Waals surface area (Å²) in [6.45, 7) is 3.02. The lowest BCUT2D eigenvalue weighted by molar-refractivity contribution is -0.208. The smallest absolute Gasteiger partial charge is 0.210 e. The van der Waals surface area contributed by atoms with Gasteiger partial charge in [0.25, 0.3) is 0 Å². The van der Waals surface area contributed by atoms with Crippen LogP contribution in [0, 0.1) is 11.3 Å². The molecule has 1 N–H and O–H groups in total. The number of azide groups is 1. The average Bonchev–Trinajstić information content (AvgIpc) is 2.77. The first-order chi connectivity index (χ1) is 9.63. The van der Waals surface area contributed by atoms with Crippen LogP contribution in [0.15, 0.2) is 5.11 Å². The van der Waals surface area contributed by atoms with Gasteiger partial charge in [0.1, 0.15) is 12.2 Å². The highest BCUT2D eigenvalue weighted by Gasteiger charge is 2.65. The molecule has 2 aliphatic rings. The van der Waals surface area contributed by atoms with Gasteiger partial charge in [0.2, 0.25) is 10.0 Å². The number of nitriles is 1. The molecule has 0 radical (unpaired) electrons. The highest BCUT2D eigenvalue weighted by atomic mass is 32.2. The fourth-order valence-corrected chi connectivity index (χ4v) is 3.38. The van der Waals surface area contributed by atoms with Gasteiger partial charge in [-0.2, -0.15) is 9.98 Å². The van der Waals surface area contributed by atoms with E-state index in [0.29, 0.717) is 0 Å². The minimum atomic E-state index is -3.73. The third kappa shape index (κ3) is 2.96. The second-order valence-corrected chi connectivity index (χ2v) is 7.07. The summed E-state index contributed by atoms with van der Waals surface area (Å²) >= 11 is 0. The van der Waals surface area contributed by atoms with Crippen molar-refractivity contribution in [3.8, 4) is 6.07 Å². The zero-order valence-corrected chi connectivity index (χ0v) is 12.5. The van der Waals surface area contributed by atoms with Gasteiger partial charge in [-0.15, -0.1) is 0 Å². The molecule has 2 rings (SSSR count). The number of sulfonamides is 1. The Morgan fingerprint density at radius 3 is 2.67 bits per heavy atom. The molecule has 0 aromatic rings. The number of nitrogens with zero attached hydrogens (tertiary/aromatic N) is 4. The van der Waals surface area contributed by atoms with Crippen molar-refractivity contribution in [3.05, 3.63) is 10.4 Å². The molecule has 2 heterocycles. The van der Waals surface area contributed by atoms with E-state index < -0.39 is 39.8 Å². The Balaban J connectivity index is 2.42. The van der Waals surface area contributed by atoms with Crippen LogP contribution >= 0.6 is 0 Å². The summed E-state index contributed by atoms with van der Waals surface area (Å²) < 4.78 is 42.1. The van der Waals surface area contributed by atoms with E-state index in [0.717, 1.165) is 6.26 Å². The zero-order valence-electron chi connectivity index (χ0n) is 11.7. The molecule has 0 unspecified atom stereocenters. The van der Waals surface area contributed by atoms with E-state index in [1.54, 1.807) is 13.8 Å². The lowest BCUT2D eigenvalue weighted by Gasteiger charge is -2.31. The van der Waals surface area contributed by atoms with E-state index in [4.69, 9.17) is 19.7 Å². The summed E-state index contributed by atoms with van der Waals surface area (Å²) in [6.07, 6.45) is -1.98. The molecule has 0 aliphatic carbocycles. The fourth-order valence-electron chi connectivity index (χ4n) is 2.48. The summed E-state index contributed by atoms with van der Waals surface area (Å²) in [5, 5.41) is 12.9. The number of hydrogen-bond acceptors (Lipinski definition) is 7. The van der Waals surface area contributed by atoms with Crippen molar-refractivity contribution >= 4 is 10.0 Å². The van der Waals surface area contributed by atoms with Crippen molar-refractivity contribution in [2.24, 2.45) is 5.11 Å². The summed E-state index contributed by atoms with van der Waals surface area (Å²) in [5.74, 6) is -1.01. The van der Waals surface area contributed by atoms with Gasteiger partial charge in [-0.05, 0) is 19.4 Å². The Bertz CT molecular complexity index is 622. The largest absolute Gasteiger partial charge is 0.343 e. The molecule has 21 heavy (non-hydrogen) atoms. The predicted octanol–water partition coefficient (Wildman–Crippen LogP) is -0.0153. The molecule has 0 aromatic carbocycles. The number of nitrogens with one attached hydrogen (secondary N) is 1. The van der Waals surface area contributed by atoms with E-state index in [-0.39, 0.29) is 6.54 Å². The summed E-state index contributed by atoms with van der Waals surface area (Å²) in [5.41, 5.74) is 6.68. The molecule has 2 saturated heterocycles. The normalized spacial score (nSPS) is 37.5. The van der Waals surface area contributed by atoms with Crippen molar-refractivity contribution in [1.29, 1.82) is 5.26 Å². The first-order valence-electron chi connectivity index (χ1n) is 6.06. The quantitative estimate of drug-likeness (QED) is 0.438. The summed E-state index contributed by atoms with van der Waals surface area (Å²) in [7, 11) is -3.73. The molecular formula is C10H15N5O5S. The third-order valence-corrected chi connectivity index (χ3v) is 3.87. The van der Waals surface area contributed by atoms with Crippen molar-refractivity contribution in [2.75, 3.05) is 12.8 Å². The number of rotatable bonds is 4. The molecule has 0 saturated carbocycles. The first kappa shape index (κ1) is 16.0. The van der Waals surface area contributed by atoms with Crippen LogP contribution in [0.3, 0.4) is 0 Å². The van der Waals surface area contributed by atoms with E-state index in [2.05, 4.69) is 14.7 Å². The van der Waals surface area contributed by atoms with Crippen LogP contribution in [-0.2, 0) is 24.2 Å². The zero-order chi connectivity index (χ0) is 15.9. The molecule has 11 heteroatoms. The van der Waals surface area contributed by atoms with E-state index >= 15 is 0 Å². The van der Waals surface area contributed by atoms with Crippen molar-refractivity contribution in [1.82, 2.24) is 4.72 Å². The van der Waals surface area contributed by atoms with Gasteiger partial charge in [-0.3, -0.25) is 0 Å². The lowest BCUT2D eigenvalue weighted by atomic mass is 9.91. The number of hydrogen-bond donors (Lipinski definition) is 1. The minimum absolute atomic E-state index is 0.229. The average molecular weight is 317 g/mol. The van der Waals surface area contributed by atoms with E-state index in [1.807, 2.05) is 6.07 Å². The van der Waals surface area contributed by atoms with Gasteiger partial charge in [0.15, 0.2) is 17.6 Å². The second-order valence-electron chi connectivity index (χ2n) is 5.32. The number of fused-ring (bicyclic) bond motifs is 1. The van der Waals surface area contributed by atoms with Crippen LogP contribution in [0.25, 0.3) is 10.4 Å². The van der Waals surface area contributed by atoms with Crippen LogP contribution < -0.4 is 4.72 Å². The van der Waals surface area contributed by atoms with Gasteiger partial charge in [-0.1, -0.05) is 5.11 Å². The molecule has 10 nitrogen and oxygen atoms in total. The van der Waals surface area contributed by atoms with Crippen LogP contribution in [0.1, 0.15) is 13.8 Å². The van der Waals surface area contributed by atoms with Crippen molar-refractivity contribution in [2.45, 2.75) is 43.7 Å². The second kappa shape index (κ2) is 5.10. The Kier molecular flexibility index (Phi) is 3.88. The monoisotopic (exact) mass is 317 g/mol. The highest BCUT2D eigenvalue weighted by Crippen LogP contribution is 2.43. The standard InChI is InChI=1S/C10H15N5O5S/c1-9(2)19-7-8(20-9)18-6(4-13-15-12)10(7,5-11)14-21(3,16)17/h6-8,14H,4H2,1-3H3/t6-,7+,8-,10-/m1/s1. The SMILES string of the molecule is CC1(C)O[C@H]2O[C@H](CN=[N+]=[N-])[C@@](C#N)(NS(C)(=O)=O)[C@H]2O1. The maximum Gasteiger partial charge on any atom is 0.210 e. The molecule has 4 atom stereocenters. The molecule has 2 aliphatic heterocycles. The van der Waals surface area contributed by atoms with Crippen molar-refractivity contribution < 1.29 is 22.6 Å². The Hall–Kier alpha value is -1.41. The highest BCUT2D eigenvalue weighted by molar-refractivity contribution is 7.88. The Labute approximate surface area is 121 Å². The molecule has 0 amide bonds. The molecule has 0 spiro atoms. The third-order valence-electron chi connectivity index (χ3n) is 3.16.